The molecule has 0 radical (unpaired) electrons. The Hall–Kier alpha value is -0.120. The van der Waals surface area contributed by atoms with Gasteiger partial charge in [-0.25, -0.2) is 5.01 Å². The highest BCUT2D eigenvalue weighted by atomic mass is 16.5. The number of morpholine rings is 1. The summed E-state index contributed by atoms with van der Waals surface area (Å²) in [5.41, 5.74) is 3.61. The summed E-state index contributed by atoms with van der Waals surface area (Å²) in [4.78, 5) is 0. The Balaban J connectivity index is 1.72. The molecule has 0 aromatic carbocycles. The molecule has 3 nitrogen and oxygen atoms in total. The molecule has 1 heterocycles. The fourth-order valence-corrected chi connectivity index (χ4v) is 2.54. The van der Waals surface area contributed by atoms with Gasteiger partial charge in [0.2, 0.25) is 0 Å². The Kier molecular flexibility index (Phi) is 3.79. The van der Waals surface area contributed by atoms with Crippen LogP contribution in [0.5, 0.6) is 0 Å². The lowest BCUT2D eigenvalue weighted by molar-refractivity contribution is 0.000123. The monoisotopic (exact) mass is 198 g/mol. The van der Waals surface area contributed by atoms with Crippen molar-refractivity contribution in [1.29, 1.82) is 0 Å². The van der Waals surface area contributed by atoms with Crippen molar-refractivity contribution in [2.75, 3.05) is 26.3 Å². The van der Waals surface area contributed by atoms with E-state index in [1.165, 1.54) is 25.7 Å². The minimum atomic E-state index is 0.649. The van der Waals surface area contributed by atoms with E-state index in [9.17, 15) is 0 Å². The van der Waals surface area contributed by atoms with E-state index in [4.69, 9.17) is 4.74 Å². The number of hydrogen-bond acceptors (Lipinski definition) is 3. The van der Waals surface area contributed by atoms with Crippen molar-refractivity contribution in [2.45, 2.75) is 38.6 Å². The molecule has 1 aliphatic heterocycles. The highest BCUT2D eigenvalue weighted by Gasteiger charge is 2.23. The van der Waals surface area contributed by atoms with Crippen LogP contribution in [0.25, 0.3) is 0 Å². The third kappa shape index (κ3) is 2.69. The number of rotatable bonds is 3. The van der Waals surface area contributed by atoms with Gasteiger partial charge in [0.25, 0.3) is 0 Å². The van der Waals surface area contributed by atoms with Crippen molar-refractivity contribution in [3.8, 4) is 0 Å². The molecule has 2 rings (SSSR count). The summed E-state index contributed by atoms with van der Waals surface area (Å²) in [6.45, 7) is 6.16. The predicted octanol–water partition coefficient (Wildman–Crippen LogP) is 1.40. The van der Waals surface area contributed by atoms with E-state index in [0.29, 0.717) is 6.04 Å². The fraction of sp³-hybridized carbons (Fsp3) is 1.00. The predicted molar refractivity (Wildman–Crippen MR) is 56.9 cm³/mol. The highest BCUT2D eigenvalue weighted by molar-refractivity contribution is 4.77. The minimum Gasteiger partial charge on any atom is -0.379 e. The molecule has 14 heavy (non-hydrogen) atoms. The van der Waals surface area contributed by atoms with Gasteiger partial charge in [-0.2, -0.15) is 0 Å². The van der Waals surface area contributed by atoms with E-state index in [0.717, 1.165) is 32.2 Å². The molecule has 2 aliphatic rings. The maximum absolute atomic E-state index is 5.33. The Morgan fingerprint density at radius 1 is 1.21 bits per heavy atom. The van der Waals surface area contributed by atoms with Crippen molar-refractivity contribution in [2.24, 2.45) is 5.92 Å². The zero-order valence-corrected chi connectivity index (χ0v) is 9.17. The van der Waals surface area contributed by atoms with E-state index >= 15 is 0 Å². The van der Waals surface area contributed by atoms with Crippen LogP contribution in [0.4, 0.5) is 0 Å². The molecule has 1 saturated carbocycles. The summed E-state index contributed by atoms with van der Waals surface area (Å²) in [6.07, 6.45) is 5.69. The Bertz CT molecular complexity index is 163. The van der Waals surface area contributed by atoms with Crippen molar-refractivity contribution in [3.63, 3.8) is 0 Å². The first-order chi connectivity index (χ1) is 6.86. The molecule has 2 fully saturated rings. The van der Waals surface area contributed by atoms with Gasteiger partial charge < -0.3 is 4.74 Å². The third-order valence-corrected chi connectivity index (χ3v) is 3.50. The lowest BCUT2D eigenvalue weighted by Crippen LogP contribution is -2.51. The quantitative estimate of drug-likeness (QED) is 0.742. The molecule has 0 bridgehead atoms. The van der Waals surface area contributed by atoms with E-state index in [-0.39, 0.29) is 0 Å². The molecule has 1 unspecified atom stereocenters. The molecule has 1 N–H and O–H groups in total. The maximum Gasteiger partial charge on any atom is 0.0608 e. The van der Waals surface area contributed by atoms with Gasteiger partial charge in [0.05, 0.1) is 13.2 Å². The number of nitrogens with zero attached hydrogens (tertiary/aromatic N) is 1. The normalized spacial score (nSPS) is 28.1. The zero-order chi connectivity index (χ0) is 9.80. The van der Waals surface area contributed by atoms with Crippen LogP contribution >= 0.6 is 0 Å². The molecule has 1 aliphatic carbocycles. The molecule has 0 amide bonds. The van der Waals surface area contributed by atoms with E-state index in [1.54, 1.807) is 0 Å². The van der Waals surface area contributed by atoms with E-state index in [1.807, 2.05) is 0 Å². The zero-order valence-electron chi connectivity index (χ0n) is 9.17. The molecule has 1 saturated heterocycles. The second-order valence-electron chi connectivity index (χ2n) is 4.56. The average Bonchev–Trinajstić information content (AvgIpc) is 2.72. The molecular formula is C11H22N2O. The first kappa shape index (κ1) is 10.4. The highest BCUT2D eigenvalue weighted by Crippen LogP contribution is 2.27. The van der Waals surface area contributed by atoms with Gasteiger partial charge in [0.15, 0.2) is 0 Å². The first-order valence-corrected chi connectivity index (χ1v) is 5.95. The van der Waals surface area contributed by atoms with Crippen LogP contribution in [0.3, 0.4) is 0 Å². The van der Waals surface area contributed by atoms with Crippen LogP contribution < -0.4 is 5.43 Å². The van der Waals surface area contributed by atoms with Crippen molar-refractivity contribution < 1.29 is 4.74 Å². The van der Waals surface area contributed by atoms with Crippen LogP contribution in [0.1, 0.15) is 32.6 Å². The minimum absolute atomic E-state index is 0.649. The smallest absolute Gasteiger partial charge is 0.0608 e. The summed E-state index contributed by atoms with van der Waals surface area (Å²) < 4.78 is 5.33. The largest absolute Gasteiger partial charge is 0.379 e. The van der Waals surface area contributed by atoms with Crippen LogP contribution in [0, 0.1) is 5.92 Å². The second kappa shape index (κ2) is 5.10. The van der Waals surface area contributed by atoms with Gasteiger partial charge in [-0.3, -0.25) is 5.43 Å². The summed E-state index contributed by atoms with van der Waals surface area (Å²) in [7, 11) is 0. The Morgan fingerprint density at radius 2 is 1.86 bits per heavy atom. The van der Waals surface area contributed by atoms with Crippen molar-refractivity contribution in [3.05, 3.63) is 0 Å². The lowest BCUT2D eigenvalue weighted by atomic mass is 10.0. The lowest BCUT2D eigenvalue weighted by Gasteiger charge is -2.32. The average molecular weight is 198 g/mol. The number of ether oxygens (including phenoxy) is 1. The molecular weight excluding hydrogens is 176 g/mol. The van der Waals surface area contributed by atoms with E-state index < -0.39 is 0 Å². The van der Waals surface area contributed by atoms with Crippen molar-refractivity contribution in [1.82, 2.24) is 10.4 Å². The molecule has 0 aromatic heterocycles. The molecule has 0 aromatic rings. The number of hydrogen-bond donors (Lipinski definition) is 1. The van der Waals surface area contributed by atoms with Gasteiger partial charge in [-0.1, -0.05) is 12.8 Å². The molecule has 82 valence electrons. The fourth-order valence-electron chi connectivity index (χ4n) is 2.54. The first-order valence-electron chi connectivity index (χ1n) is 5.95. The van der Waals surface area contributed by atoms with Crippen LogP contribution in [-0.4, -0.2) is 37.4 Å². The SMILES string of the molecule is CC(NN1CCOCC1)C1CCCC1. The molecule has 3 heteroatoms. The van der Waals surface area contributed by atoms with Crippen LogP contribution in [0.15, 0.2) is 0 Å². The topological polar surface area (TPSA) is 24.5 Å². The number of nitrogens with one attached hydrogen (secondary N) is 1. The van der Waals surface area contributed by atoms with Gasteiger partial charge in [-0.15, -0.1) is 0 Å². The van der Waals surface area contributed by atoms with Gasteiger partial charge >= 0.3 is 0 Å². The summed E-state index contributed by atoms with van der Waals surface area (Å²) in [5, 5.41) is 2.33. The Morgan fingerprint density at radius 3 is 2.50 bits per heavy atom. The second-order valence-corrected chi connectivity index (χ2v) is 4.56. The molecule has 1 atom stereocenters. The summed E-state index contributed by atoms with van der Waals surface area (Å²) >= 11 is 0. The standard InChI is InChI=1S/C11H22N2O/c1-10(11-4-2-3-5-11)12-13-6-8-14-9-7-13/h10-12H,2-9H2,1H3. The van der Waals surface area contributed by atoms with Crippen LogP contribution in [0.2, 0.25) is 0 Å². The van der Waals surface area contributed by atoms with Crippen LogP contribution in [-0.2, 0) is 4.74 Å². The Labute approximate surface area is 86.8 Å². The summed E-state index contributed by atoms with van der Waals surface area (Å²) in [6, 6.07) is 0.649. The van der Waals surface area contributed by atoms with E-state index in [2.05, 4.69) is 17.4 Å². The summed E-state index contributed by atoms with van der Waals surface area (Å²) in [5.74, 6) is 0.901. The number of hydrazine groups is 1. The molecule has 0 spiro atoms. The maximum atomic E-state index is 5.33. The third-order valence-electron chi connectivity index (χ3n) is 3.50. The van der Waals surface area contributed by atoms with Gasteiger partial charge in [0, 0.05) is 19.1 Å². The van der Waals surface area contributed by atoms with Gasteiger partial charge in [-0.05, 0) is 25.7 Å². The van der Waals surface area contributed by atoms with Gasteiger partial charge in [0.1, 0.15) is 0 Å². The van der Waals surface area contributed by atoms with Crippen molar-refractivity contribution >= 4 is 0 Å².